The first kappa shape index (κ1) is 25.7. The van der Waals surface area contributed by atoms with Crippen LogP contribution in [0.4, 0.5) is 18.0 Å². The fraction of sp³-hybridized carbons (Fsp3) is 0.391. The Bertz CT molecular complexity index is 1070. The summed E-state index contributed by atoms with van der Waals surface area (Å²) in [5.74, 6) is 0.687. The van der Waals surface area contributed by atoms with Crippen LogP contribution in [0, 0.1) is 0 Å². The summed E-state index contributed by atoms with van der Waals surface area (Å²) in [5, 5.41) is 2.74. The molecule has 1 amide bonds. The molecule has 0 fully saturated rings. The van der Waals surface area contributed by atoms with E-state index in [0.29, 0.717) is 29.9 Å². The van der Waals surface area contributed by atoms with Crippen molar-refractivity contribution in [3.05, 3.63) is 65.5 Å². The number of hydrogen-bond donors (Lipinski definition) is 1. The normalized spacial score (nSPS) is 11.8. The van der Waals surface area contributed by atoms with Gasteiger partial charge in [-0.25, -0.2) is 13.9 Å². The van der Waals surface area contributed by atoms with Gasteiger partial charge in [0.15, 0.2) is 11.0 Å². The first-order valence-electron chi connectivity index (χ1n) is 10.1. The first-order valence-corrected chi connectivity index (χ1v) is 10.1. The van der Waals surface area contributed by atoms with Gasteiger partial charge in [0.05, 0.1) is 12.1 Å². The van der Waals surface area contributed by atoms with Crippen molar-refractivity contribution in [1.29, 1.82) is 0 Å². The highest BCUT2D eigenvalue weighted by atomic mass is 79.9. The van der Waals surface area contributed by atoms with E-state index in [9.17, 15) is 18.0 Å². The van der Waals surface area contributed by atoms with Crippen LogP contribution in [0.15, 0.2) is 48.5 Å². The van der Waals surface area contributed by atoms with Crippen LogP contribution in [0.5, 0.6) is 0 Å². The number of alkyl halides is 3. The van der Waals surface area contributed by atoms with Gasteiger partial charge < -0.3 is 27.0 Å². The van der Waals surface area contributed by atoms with E-state index in [1.165, 1.54) is 6.07 Å². The Kier molecular flexibility index (Phi) is 7.98. The predicted octanol–water partition coefficient (Wildman–Crippen LogP) is 2.04. The second kappa shape index (κ2) is 9.94. The Labute approximate surface area is 196 Å². The van der Waals surface area contributed by atoms with Gasteiger partial charge in [0.2, 0.25) is 0 Å². The molecule has 0 aliphatic heterocycles. The van der Waals surface area contributed by atoms with E-state index in [1.807, 2.05) is 41.8 Å². The zero-order valence-corrected chi connectivity index (χ0v) is 20.0. The zero-order valence-electron chi connectivity index (χ0n) is 18.5. The second-order valence-corrected chi connectivity index (χ2v) is 8.29. The lowest BCUT2D eigenvalue weighted by Crippen LogP contribution is -3.00. The van der Waals surface area contributed by atoms with E-state index in [4.69, 9.17) is 4.74 Å². The smallest absolute Gasteiger partial charge is 0.416 e. The maximum absolute atomic E-state index is 13.3. The predicted molar refractivity (Wildman–Crippen MR) is 111 cm³/mol. The molecular weight excluding hydrogens is 487 g/mol. The lowest BCUT2D eigenvalue weighted by atomic mass is 10.2. The highest BCUT2D eigenvalue weighted by molar-refractivity contribution is 5.74. The third kappa shape index (κ3) is 6.03. The first-order chi connectivity index (χ1) is 14.5. The number of carbonyl (C=O) groups excluding carboxylic acids is 1. The molecule has 0 bridgehead atoms. The molecule has 174 valence electrons. The van der Waals surface area contributed by atoms with E-state index in [2.05, 4.69) is 5.32 Å². The van der Waals surface area contributed by atoms with Gasteiger partial charge in [-0.1, -0.05) is 30.3 Å². The van der Waals surface area contributed by atoms with Crippen LogP contribution in [-0.2, 0) is 30.5 Å². The van der Waals surface area contributed by atoms with Gasteiger partial charge in [-0.15, -0.1) is 0 Å². The van der Waals surface area contributed by atoms with Crippen LogP contribution in [-0.4, -0.2) is 16.3 Å². The summed E-state index contributed by atoms with van der Waals surface area (Å²) < 4.78 is 49.0. The van der Waals surface area contributed by atoms with Crippen LogP contribution < -0.4 is 26.9 Å². The minimum Gasteiger partial charge on any atom is -1.00 e. The minimum atomic E-state index is -4.43. The van der Waals surface area contributed by atoms with E-state index in [0.717, 1.165) is 17.7 Å². The average Bonchev–Trinajstić information content (AvgIpc) is 2.97. The third-order valence-corrected chi connectivity index (χ3v) is 4.80. The fourth-order valence-electron chi connectivity index (χ4n) is 3.52. The molecule has 5 nitrogen and oxygen atoms in total. The number of nitrogens with zero attached hydrogens (tertiary/aromatic N) is 2. The molecule has 3 aromatic rings. The minimum absolute atomic E-state index is 0. The Hall–Kier alpha value is -2.55. The Balaban J connectivity index is 0.00000363. The van der Waals surface area contributed by atoms with Crippen LogP contribution in [0.3, 0.4) is 0 Å². The van der Waals surface area contributed by atoms with Crippen molar-refractivity contribution in [1.82, 2.24) is 9.88 Å². The maximum atomic E-state index is 13.3. The van der Waals surface area contributed by atoms with E-state index in [-0.39, 0.29) is 23.5 Å². The number of benzene rings is 2. The summed E-state index contributed by atoms with van der Waals surface area (Å²) in [6, 6.07) is 13.4. The molecule has 1 aromatic heterocycles. The summed E-state index contributed by atoms with van der Waals surface area (Å²) in [6.07, 6.45) is -5.02. The quantitative estimate of drug-likeness (QED) is 0.530. The van der Waals surface area contributed by atoms with Crippen molar-refractivity contribution in [3.63, 3.8) is 0 Å². The van der Waals surface area contributed by atoms with Gasteiger partial charge in [-0.3, -0.25) is 0 Å². The van der Waals surface area contributed by atoms with Crippen LogP contribution >= 0.6 is 0 Å². The summed E-state index contributed by atoms with van der Waals surface area (Å²) in [4.78, 5) is 12.2. The second-order valence-electron chi connectivity index (χ2n) is 8.29. The molecule has 1 heterocycles. The summed E-state index contributed by atoms with van der Waals surface area (Å²) in [6.45, 7) is 8.19. The van der Waals surface area contributed by atoms with Gasteiger partial charge >= 0.3 is 12.3 Å². The molecule has 0 aliphatic rings. The number of ether oxygens (including phenoxy) is 1. The van der Waals surface area contributed by atoms with Crippen LogP contribution in [0.2, 0.25) is 0 Å². The standard InChI is InChI=1S/C23H26F3N3O2.BrH/c1-5-28-19-13-17(23(24,25)26)11-12-18(19)29(15-16-9-7-6-8-10-16)20(28)14-27-21(30)31-22(2,3)4;/h6-13H,5,14-15H2,1-4H3;1H. The Morgan fingerprint density at radius 3 is 2.31 bits per heavy atom. The van der Waals surface area contributed by atoms with Gasteiger partial charge in [-0.2, -0.15) is 13.2 Å². The monoisotopic (exact) mass is 513 g/mol. The van der Waals surface area contributed by atoms with Crippen molar-refractivity contribution in [2.24, 2.45) is 0 Å². The number of alkyl carbamates (subject to hydrolysis) is 1. The number of imidazole rings is 1. The average molecular weight is 514 g/mol. The zero-order chi connectivity index (χ0) is 22.8. The lowest BCUT2D eigenvalue weighted by molar-refractivity contribution is -0.671. The molecule has 0 unspecified atom stereocenters. The molecule has 9 heteroatoms. The number of aryl methyl sites for hydroxylation is 1. The van der Waals surface area contributed by atoms with Gasteiger partial charge in [0, 0.05) is 6.07 Å². The van der Waals surface area contributed by atoms with Gasteiger partial charge in [0.1, 0.15) is 18.7 Å². The highest BCUT2D eigenvalue weighted by Crippen LogP contribution is 2.31. The van der Waals surface area contributed by atoms with Gasteiger partial charge in [-0.05, 0) is 45.4 Å². The molecule has 0 saturated heterocycles. The number of hydrogen-bond acceptors (Lipinski definition) is 2. The van der Waals surface area contributed by atoms with E-state index in [1.54, 1.807) is 25.3 Å². The van der Waals surface area contributed by atoms with Crippen molar-refractivity contribution >= 4 is 17.1 Å². The lowest BCUT2D eigenvalue weighted by Gasteiger charge is -2.19. The van der Waals surface area contributed by atoms with Gasteiger partial charge in [0.25, 0.3) is 5.82 Å². The topological polar surface area (TPSA) is 47.1 Å². The highest BCUT2D eigenvalue weighted by Gasteiger charge is 2.33. The van der Waals surface area contributed by atoms with Crippen molar-refractivity contribution in [2.45, 2.75) is 59.1 Å². The SMILES string of the molecule is CCn1c(CNC(=O)OC(C)(C)C)[n+](Cc2ccccc2)c2ccc(C(F)(F)F)cc21.[Br-]. The molecule has 0 atom stereocenters. The number of carbonyl (C=O) groups is 1. The summed E-state index contributed by atoms with van der Waals surface area (Å²) in [5.41, 5.74) is 0.782. The summed E-state index contributed by atoms with van der Waals surface area (Å²) >= 11 is 0. The molecule has 0 radical (unpaired) electrons. The Morgan fingerprint density at radius 1 is 1.09 bits per heavy atom. The largest absolute Gasteiger partial charge is 1.00 e. The third-order valence-electron chi connectivity index (χ3n) is 4.80. The van der Waals surface area contributed by atoms with Crippen LogP contribution in [0.25, 0.3) is 11.0 Å². The molecule has 32 heavy (non-hydrogen) atoms. The Morgan fingerprint density at radius 2 is 1.75 bits per heavy atom. The number of rotatable bonds is 5. The molecule has 3 rings (SSSR count). The number of halogens is 4. The molecule has 0 aliphatic carbocycles. The molecule has 0 saturated carbocycles. The molecule has 1 N–H and O–H groups in total. The van der Waals surface area contributed by atoms with Crippen molar-refractivity contribution in [3.8, 4) is 0 Å². The van der Waals surface area contributed by atoms with E-state index >= 15 is 0 Å². The number of amides is 1. The number of nitrogens with one attached hydrogen (secondary N) is 1. The molecule has 2 aromatic carbocycles. The van der Waals surface area contributed by atoms with Crippen molar-refractivity contribution in [2.75, 3.05) is 0 Å². The molecular formula is C23H27BrF3N3O2. The molecule has 0 spiro atoms. The van der Waals surface area contributed by atoms with Crippen LogP contribution in [0.1, 0.15) is 44.6 Å². The van der Waals surface area contributed by atoms with Crippen molar-refractivity contribution < 1.29 is 44.3 Å². The maximum Gasteiger partial charge on any atom is 0.416 e. The fourth-order valence-corrected chi connectivity index (χ4v) is 3.52. The number of fused-ring (bicyclic) bond motifs is 1. The van der Waals surface area contributed by atoms with E-state index < -0.39 is 23.4 Å². The summed E-state index contributed by atoms with van der Waals surface area (Å²) in [7, 11) is 0. The number of aromatic nitrogens is 2.